The van der Waals surface area contributed by atoms with E-state index in [0.717, 1.165) is 4.47 Å². The van der Waals surface area contributed by atoms with Gasteiger partial charge in [0.2, 0.25) is 0 Å². The van der Waals surface area contributed by atoms with Crippen LogP contribution in [-0.2, 0) is 0 Å². The fourth-order valence-electron chi connectivity index (χ4n) is 1.61. The van der Waals surface area contributed by atoms with Crippen LogP contribution in [0.15, 0.2) is 45.5 Å². The van der Waals surface area contributed by atoms with Crippen LogP contribution in [0.4, 0.5) is 0 Å². The summed E-state index contributed by atoms with van der Waals surface area (Å²) < 4.78 is 5.95. The molecule has 0 aliphatic carbocycles. The number of hydrogen-bond donors (Lipinski definition) is 2. The van der Waals surface area contributed by atoms with E-state index in [1.165, 1.54) is 6.26 Å². The van der Waals surface area contributed by atoms with Crippen molar-refractivity contribution in [3.05, 3.63) is 57.4 Å². The fraction of sp³-hybridized carbons (Fsp3) is 0.154. The first-order chi connectivity index (χ1) is 9.11. The number of aliphatic hydroxyl groups excluding tert-OH is 1. The Balaban J connectivity index is 2.16. The quantitative estimate of drug-likeness (QED) is 0.895. The molecule has 1 heterocycles. The molecule has 1 unspecified atom stereocenters. The van der Waals surface area contributed by atoms with E-state index in [4.69, 9.17) is 16.0 Å². The third kappa shape index (κ3) is 3.37. The van der Waals surface area contributed by atoms with Crippen LogP contribution in [0.1, 0.15) is 22.2 Å². The van der Waals surface area contributed by atoms with Crippen molar-refractivity contribution >= 4 is 33.4 Å². The van der Waals surface area contributed by atoms with Gasteiger partial charge in [0.05, 0.1) is 23.5 Å². The van der Waals surface area contributed by atoms with Gasteiger partial charge in [-0.15, -0.1) is 0 Å². The molecule has 0 saturated carbocycles. The molecule has 1 aromatic heterocycles. The molecule has 1 aromatic carbocycles. The van der Waals surface area contributed by atoms with Crippen LogP contribution in [-0.4, -0.2) is 17.6 Å². The number of halogens is 2. The maximum Gasteiger partial charge on any atom is 0.253 e. The molecule has 100 valence electrons. The molecule has 1 amide bonds. The molecule has 0 fully saturated rings. The zero-order chi connectivity index (χ0) is 13.8. The van der Waals surface area contributed by atoms with E-state index < -0.39 is 6.04 Å². The van der Waals surface area contributed by atoms with E-state index in [-0.39, 0.29) is 12.5 Å². The van der Waals surface area contributed by atoms with Crippen molar-refractivity contribution in [2.75, 3.05) is 6.61 Å². The molecular formula is C13H11BrClNO3. The fourth-order valence-corrected chi connectivity index (χ4v) is 2.37. The third-order valence-electron chi connectivity index (χ3n) is 2.55. The average Bonchev–Trinajstić information content (AvgIpc) is 2.89. The number of furan rings is 1. The summed E-state index contributed by atoms with van der Waals surface area (Å²) in [5.41, 5.74) is 0.342. The van der Waals surface area contributed by atoms with E-state index in [2.05, 4.69) is 21.2 Å². The summed E-state index contributed by atoms with van der Waals surface area (Å²) in [6.45, 7) is -0.257. The normalized spacial score (nSPS) is 12.2. The number of carbonyl (C=O) groups is 1. The molecule has 0 bridgehead atoms. The number of rotatable bonds is 4. The van der Waals surface area contributed by atoms with Crippen molar-refractivity contribution in [1.82, 2.24) is 5.32 Å². The van der Waals surface area contributed by atoms with Gasteiger partial charge in [-0.2, -0.15) is 0 Å². The highest BCUT2D eigenvalue weighted by atomic mass is 79.9. The number of carbonyl (C=O) groups excluding carboxylic acids is 1. The number of hydrogen-bond acceptors (Lipinski definition) is 3. The summed E-state index contributed by atoms with van der Waals surface area (Å²) in [4.78, 5) is 12.1. The third-order valence-corrected chi connectivity index (χ3v) is 3.36. The number of benzene rings is 1. The Kier molecular flexibility index (Phi) is 4.63. The zero-order valence-corrected chi connectivity index (χ0v) is 12.1. The van der Waals surface area contributed by atoms with Crippen LogP contribution in [0.3, 0.4) is 0 Å². The van der Waals surface area contributed by atoms with E-state index in [1.54, 1.807) is 30.3 Å². The molecular weight excluding hydrogens is 334 g/mol. The Bertz CT molecular complexity index is 571. The van der Waals surface area contributed by atoms with Crippen molar-refractivity contribution in [2.24, 2.45) is 0 Å². The Morgan fingerprint density at radius 2 is 2.26 bits per heavy atom. The topological polar surface area (TPSA) is 62.5 Å². The van der Waals surface area contributed by atoms with Crippen LogP contribution in [0.2, 0.25) is 5.02 Å². The van der Waals surface area contributed by atoms with Gasteiger partial charge in [0.1, 0.15) is 11.8 Å². The lowest BCUT2D eigenvalue weighted by Crippen LogP contribution is -2.30. The lowest BCUT2D eigenvalue weighted by atomic mass is 10.1. The average molecular weight is 345 g/mol. The SMILES string of the molecule is O=C(NC(CO)c1ccco1)c1ccc(Br)cc1Cl. The van der Waals surface area contributed by atoms with E-state index in [1.807, 2.05) is 0 Å². The second-order valence-electron chi connectivity index (χ2n) is 3.85. The second kappa shape index (κ2) is 6.23. The van der Waals surface area contributed by atoms with Gasteiger partial charge in [0.15, 0.2) is 0 Å². The van der Waals surface area contributed by atoms with Crippen LogP contribution >= 0.6 is 27.5 Å². The predicted octanol–water partition coefficient (Wildman–Crippen LogP) is 3.16. The summed E-state index contributed by atoms with van der Waals surface area (Å²) in [7, 11) is 0. The van der Waals surface area contributed by atoms with Crippen LogP contribution in [0.25, 0.3) is 0 Å². The van der Waals surface area contributed by atoms with Gasteiger partial charge in [-0.1, -0.05) is 27.5 Å². The first-order valence-electron chi connectivity index (χ1n) is 5.52. The molecule has 4 nitrogen and oxygen atoms in total. The van der Waals surface area contributed by atoms with E-state index in [0.29, 0.717) is 16.3 Å². The van der Waals surface area contributed by atoms with Gasteiger partial charge >= 0.3 is 0 Å². The minimum absolute atomic E-state index is 0.257. The predicted molar refractivity (Wildman–Crippen MR) is 75.2 cm³/mol. The molecule has 0 saturated heterocycles. The highest BCUT2D eigenvalue weighted by molar-refractivity contribution is 9.10. The smallest absolute Gasteiger partial charge is 0.253 e. The van der Waals surface area contributed by atoms with Gasteiger partial charge in [-0.05, 0) is 30.3 Å². The first-order valence-corrected chi connectivity index (χ1v) is 6.69. The Morgan fingerprint density at radius 3 is 2.84 bits per heavy atom. The molecule has 2 rings (SSSR count). The molecule has 6 heteroatoms. The maximum absolute atomic E-state index is 12.1. The molecule has 2 N–H and O–H groups in total. The number of nitrogens with one attached hydrogen (secondary N) is 1. The molecule has 0 spiro atoms. The highest BCUT2D eigenvalue weighted by Crippen LogP contribution is 2.22. The lowest BCUT2D eigenvalue weighted by molar-refractivity contribution is 0.0907. The van der Waals surface area contributed by atoms with Crippen molar-refractivity contribution in [3.8, 4) is 0 Å². The van der Waals surface area contributed by atoms with Gasteiger partial charge in [0.25, 0.3) is 5.91 Å². The minimum Gasteiger partial charge on any atom is -0.467 e. The summed E-state index contributed by atoms with van der Waals surface area (Å²) in [5.74, 6) is 0.122. The molecule has 19 heavy (non-hydrogen) atoms. The van der Waals surface area contributed by atoms with Crippen molar-refractivity contribution in [3.63, 3.8) is 0 Å². The molecule has 2 aromatic rings. The first kappa shape index (κ1) is 14.1. The summed E-state index contributed by atoms with van der Waals surface area (Å²) in [6.07, 6.45) is 1.48. The standard InChI is InChI=1S/C13H11BrClNO3/c14-8-3-4-9(10(15)6-8)13(18)16-11(7-17)12-2-1-5-19-12/h1-6,11,17H,7H2,(H,16,18). The van der Waals surface area contributed by atoms with E-state index >= 15 is 0 Å². The van der Waals surface area contributed by atoms with Crippen LogP contribution < -0.4 is 5.32 Å². The monoisotopic (exact) mass is 343 g/mol. The number of amides is 1. The van der Waals surface area contributed by atoms with Crippen molar-refractivity contribution in [2.45, 2.75) is 6.04 Å². The second-order valence-corrected chi connectivity index (χ2v) is 5.17. The Hall–Kier alpha value is -1.30. The number of aliphatic hydroxyl groups is 1. The van der Waals surface area contributed by atoms with Crippen LogP contribution in [0, 0.1) is 0 Å². The highest BCUT2D eigenvalue weighted by Gasteiger charge is 2.18. The Labute approximate surface area is 123 Å². The van der Waals surface area contributed by atoms with Gasteiger partial charge in [-0.3, -0.25) is 4.79 Å². The summed E-state index contributed by atoms with van der Waals surface area (Å²) >= 11 is 9.27. The minimum atomic E-state index is -0.595. The van der Waals surface area contributed by atoms with Gasteiger partial charge in [0, 0.05) is 4.47 Å². The van der Waals surface area contributed by atoms with E-state index in [9.17, 15) is 9.90 Å². The van der Waals surface area contributed by atoms with Gasteiger partial charge in [-0.25, -0.2) is 0 Å². The zero-order valence-electron chi connectivity index (χ0n) is 9.77. The summed E-state index contributed by atoms with van der Waals surface area (Å²) in [5, 5.41) is 12.3. The van der Waals surface area contributed by atoms with Gasteiger partial charge < -0.3 is 14.8 Å². The van der Waals surface area contributed by atoms with Crippen molar-refractivity contribution < 1.29 is 14.3 Å². The molecule has 0 aliphatic rings. The summed E-state index contributed by atoms with van der Waals surface area (Å²) in [6, 6.07) is 7.75. The largest absolute Gasteiger partial charge is 0.467 e. The lowest BCUT2D eigenvalue weighted by Gasteiger charge is -2.14. The van der Waals surface area contributed by atoms with Crippen LogP contribution in [0.5, 0.6) is 0 Å². The maximum atomic E-state index is 12.1. The van der Waals surface area contributed by atoms with Crippen molar-refractivity contribution in [1.29, 1.82) is 0 Å². The Morgan fingerprint density at radius 1 is 1.47 bits per heavy atom. The molecule has 0 radical (unpaired) electrons. The molecule has 0 aliphatic heterocycles. The molecule has 1 atom stereocenters.